The predicted octanol–water partition coefficient (Wildman–Crippen LogP) is 2.44. The lowest BCUT2D eigenvalue weighted by Crippen LogP contribution is -2.45. The number of hydrogen-bond donors (Lipinski definition) is 2. The van der Waals surface area contributed by atoms with Gasteiger partial charge in [-0.3, -0.25) is 15.1 Å². The summed E-state index contributed by atoms with van der Waals surface area (Å²) in [4.78, 5) is 35.4. The Morgan fingerprint density at radius 3 is 2.47 bits per heavy atom. The molecule has 0 atom stereocenters. The van der Waals surface area contributed by atoms with Crippen LogP contribution in [0.5, 0.6) is 11.5 Å². The molecule has 176 valence electrons. The molecule has 2 heterocycles. The van der Waals surface area contributed by atoms with Gasteiger partial charge in [0.15, 0.2) is 11.5 Å². The second-order valence-corrected chi connectivity index (χ2v) is 8.68. The van der Waals surface area contributed by atoms with Crippen LogP contribution in [0.15, 0.2) is 30.0 Å². The summed E-state index contributed by atoms with van der Waals surface area (Å²) in [6.45, 7) is 6.57. The number of methoxy groups -OCH3 is 2. The quantitative estimate of drug-likeness (QED) is 0.633. The normalized spacial score (nSPS) is 17.8. The maximum atomic E-state index is 12.6. The van der Waals surface area contributed by atoms with Crippen molar-refractivity contribution in [1.82, 2.24) is 15.9 Å². The third-order valence-electron chi connectivity index (χ3n) is 5.08. The van der Waals surface area contributed by atoms with E-state index >= 15 is 0 Å². The van der Waals surface area contributed by atoms with Crippen molar-refractivity contribution in [2.24, 2.45) is 0 Å². The molecule has 0 aliphatic carbocycles. The number of amides is 1. The van der Waals surface area contributed by atoms with Crippen LogP contribution in [-0.2, 0) is 25.8 Å². The molecular formula is C22H31N3O7. The van der Waals surface area contributed by atoms with Gasteiger partial charge in [-0.15, -0.1) is 5.06 Å². The van der Waals surface area contributed by atoms with Crippen molar-refractivity contribution in [3.8, 4) is 11.5 Å². The fraction of sp³-hybridized carbons (Fsp3) is 0.545. The van der Waals surface area contributed by atoms with Gasteiger partial charge in [-0.25, -0.2) is 4.79 Å². The van der Waals surface area contributed by atoms with Gasteiger partial charge in [0, 0.05) is 19.6 Å². The van der Waals surface area contributed by atoms with Crippen LogP contribution in [0.1, 0.15) is 39.2 Å². The lowest BCUT2D eigenvalue weighted by molar-refractivity contribution is -0.179. The Hall–Kier alpha value is -2.98. The average molecular weight is 450 g/mol. The van der Waals surface area contributed by atoms with Crippen LogP contribution >= 0.6 is 0 Å². The molecule has 10 nitrogen and oxygen atoms in total. The van der Waals surface area contributed by atoms with E-state index in [-0.39, 0.29) is 5.91 Å². The van der Waals surface area contributed by atoms with Crippen LogP contribution in [0.2, 0.25) is 0 Å². The molecule has 1 amide bonds. The Labute approximate surface area is 187 Å². The molecule has 1 fully saturated rings. The van der Waals surface area contributed by atoms with Gasteiger partial charge in [0.25, 0.3) is 5.91 Å². The van der Waals surface area contributed by atoms with Crippen molar-refractivity contribution in [2.45, 2.75) is 51.4 Å². The first kappa shape index (κ1) is 23.7. The second kappa shape index (κ2) is 9.66. The molecular weight excluding hydrogens is 418 g/mol. The summed E-state index contributed by atoms with van der Waals surface area (Å²) in [5.41, 5.74) is 2.72. The van der Waals surface area contributed by atoms with E-state index in [1.165, 1.54) is 0 Å². The summed E-state index contributed by atoms with van der Waals surface area (Å²) in [6.07, 6.45) is 2.16. The first-order valence-electron chi connectivity index (χ1n) is 10.4. The molecule has 2 aliphatic heterocycles. The van der Waals surface area contributed by atoms with Crippen molar-refractivity contribution in [2.75, 3.05) is 27.3 Å². The van der Waals surface area contributed by atoms with E-state index in [2.05, 4.69) is 10.8 Å². The number of piperidine rings is 1. The molecule has 1 spiro atoms. The maximum Gasteiger partial charge on any atom is 0.528 e. The number of hydrogen-bond acceptors (Lipinski definition) is 9. The Balaban J connectivity index is 1.51. The monoisotopic (exact) mass is 449 g/mol. The Morgan fingerprint density at radius 2 is 1.84 bits per heavy atom. The molecule has 3 rings (SSSR count). The highest BCUT2D eigenvalue weighted by atomic mass is 16.8. The Kier molecular flexibility index (Phi) is 7.15. The van der Waals surface area contributed by atoms with Gasteiger partial charge >= 0.3 is 6.16 Å². The molecule has 0 unspecified atom stereocenters. The number of rotatable bonds is 6. The van der Waals surface area contributed by atoms with Gasteiger partial charge in [-0.2, -0.15) is 0 Å². The van der Waals surface area contributed by atoms with E-state index in [9.17, 15) is 9.59 Å². The van der Waals surface area contributed by atoms with Crippen molar-refractivity contribution < 1.29 is 33.5 Å². The van der Waals surface area contributed by atoms with Crippen LogP contribution in [-0.4, -0.2) is 55.6 Å². The zero-order valence-electron chi connectivity index (χ0n) is 19.1. The molecule has 1 aromatic carbocycles. The van der Waals surface area contributed by atoms with Crippen molar-refractivity contribution in [3.63, 3.8) is 0 Å². The van der Waals surface area contributed by atoms with E-state index in [0.717, 1.165) is 5.56 Å². The van der Waals surface area contributed by atoms with E-state index in [0.29, 0.717) is 49.7 Å². The minimum atomic E-state index is -0.732. The lowest BCUT2D eigenvalue weighted by Gasteiger charge is -2.35. The standard InChI is InChI=1S/C22H31N3O7/c1-21(2,3)30-20(27)31-25-10-8-22(9-11-25)13-16(24-32-22)19(26)23-14-15-6-7-17(28-4)18(12-15)29-5/h6-7,12-13,24H,8-11,14H2,1-5H3,(H,23,26). The predicted molar refractivity (Wildman–Crippen MR) is 115 cm³/mol. The van der Waals surface area contributed by atoms with Gasteiger partial charge in [0.1, 0.15) is 16.9 Å². The lowest BCUT2D eigenvalue weighted by atomic mass is 9.92. The Morgan fingerprint density at radius 1 is 1.16 bits per heavy atom. The van der Waals surface area contributed by atoms with Gasteiger partial charge in [0.2, 0.25) is 0 Å². The number of carbonyl (C=O) groups excluding carboxylic acids is 2. The molecule has 1 saturated heterocycles. The van der Waals surface area contributed by atoms with E-state index in [1.54, 1.807) is 52.2 Å². The maximum absolute atomic E-state index is 12.6. The summed E-state index contributed by atoms with van der Waals surface area (Å²) in [6, 6.07) is 5.46. The van der Waals surface area contributed by atoms with Gasteiger partial charge < -0.3 is 24.4 Å². The first-order chi connectivity index (χ1) is 15.1. The molecule has 0 saturated carbocycles. The average Bonchev–Trinajstić information content (AvgIpc) is 3.16. The zero-order chi connectivity index (χ0) is 23.4. The number of nitrogens with one attached hydrogen (secondary N) is 2. The number of nitrogens with zero attached hydrogens (tertiary/aromatic N) is 1. The highest BCUT2D eigenvalue weighted by Gasteiger charge is 2.41. The molecule has 32 heavy (non-hydrogen) atoms. The topological polar surface area (TPSA) is 108 Å². The molecule has 2 aliphatic rings. The van der Waals surface area contributed by atoms with E-state index in [4.69, 9.17) is 23.9 Å². The third kappa shape index (κ3) is 6.04. The van der Waals surface area contributed by atoms with E-state index < -0.39 is 17.4 Å². The summed E-state index contributed by atoms with van der Waals surface area (Å²) in [5, 5.41) is 4.41. The summed E-state index contributed by atoms with van der Waals surface area (Å²) < 4.78 is 15.7. The smallest absolute Gasteiger partial charge is 0.493 e. The first-order valence-corrected chi connectivity index (χ1v) is 10.4. The summed E-state index contributed by atoms with van der Waals surface area (Å²) in [7, 11) is 3.13. The van der Waals surface area contributed by atoms with Crippen LogP contribution in [0.25, 0.3) is 0 Å². The van der Waals surface area contributed by atoms with Crippen molar-refractivity contribution in [1.29, 1.82) is 0 Å². The van der Waals surface area contributed by atoms with Crippen LogP contribution in [0.4, 0.5) is 4.79 Å². The summed E-state index contributed by atoms with van der Waals surface area (Å²) in [5.74, 6) is 0.948. The minimum Gasteiger partial charge on any atom is -0.493 e. The number of carbonyl (C=O) groups is 2. The van der Waals surface area contributed by atoms with Crippen LogP contribution in [0.3, 0.4) is 0 Å². The second-order valence-electron chi connectivity index (χ2n) is 8.68. The molecule has 2 N–H and O–H groups in total. The van der Waals surface area contributed by atoms with Crippen LogP contribution < -0.4 is 20.3 Å². The molecule has 0 bridgehead atoms. The summed E-state index contributed by atoms with van der Waals surface area (Å²) >= 11 is 0. The number of hydroxylamine groups is 3. The molecule has 1 aromatic rings. The molecule has 10 heteroatoms. The highest BCUT2D eigenvalue weighted by Crippen LogP contribution is 2.32. The largest absolute Gasteiger partial charge is 0.528 e. The van der Waals surface area contributed by atoms with Gasteiger partial charge in [-0.05, 0) is 57.4 Å². The fourth-order valence-corrected chi connectivity index (χ4v) is 3.44. The fourth-order valence-electron chi connectivity index (χ4n) is 3.44. The zero-order valence-corrected chi connectivity index (χ0v) is 19.1. The number of ether oxygens (including phenoxy) is 3. The molecule has 0 aromatic heterocycles. The van der Waals surface area contributed by atoms with Crippen molar-refractivity contribution >= 4 is 12.1 Å². The van der Waals surface area contributed by atoms with Gasteiger partial charge in [0.05, 0.1) is 14.2 Å². The SMILES string of the molecule is COc1ccc(CNC(=O)C2=CC3(CCN(OC(=O)OC(C)(C)C)CC3)ON2)cc1OC. The van der Waals surface area contributed by atoms with E-state index in [1.807, 2.05) is 12.1 Å². The van der Waals surface area contributed by atoms with Crippen molar-refractivity contribution in [3.05, 3.63) is 35.5 Å². The van der Waals surface area contributed by atoms with Crippen LogP contribution in [0, 0.1) is 0 Å². The number of benzene rings is 1. The minimum absolute atomic E-state index is 0.274. The van der Waals surface area contributed by atoms with Gasteiger partial charge in [-0.1, -0.05) is 6.07 Å². The highest BCUT2D eigenvalue weighted by molar-refractivity contribution is 5.93. The third-order valence-corrected chi connectivity index (χ3v) is 5.08. The molecule has 0 radical (unpaired) electrons. The Bertz CT molecular complexity index is 871.